The zero-order chi connectivity index (χ0) is 21.7. The molecule has 30 heavy (non-hydrogen) atoms. The van der Waals surface area contributed by atoms with Crippen molar-refractivity contribution in [1.82, 2.24) is 10.2 Å². The van der Waals surface area contributed by atoms with Crippen molar-refractivity contribution in [2.45, 2.75) is 0 Å². The van der Waals surface area contributed by atoms with E-state index >= 15 is 0 Å². The Hall–Kier alpha value is -4.21. The summed E-state index contributed by atoms with van der Waals surface area (Å²) in [6.45, 7) is 0. The van der Waals surface area contributed by atoms with Crippen LogP contribution < -0.4 is 18.9 Å². The van der Waals surface area contributed by atoms with E-state index in [2.05, 4.69) is 10.2 Å². The lowest BCUT2D eigenvalue weighted by atomic mass is 10.1. The van der Waals surface area contributed by atoms with E-state index in [1.165, 1.54) is 32.4 Å². The van der Waals surface area contributed by atoms with Gasteiger partial charge in [-0.3, -0.25) is 10.1 Å². The molecule has 0 aliphatic carbocycles. The van der Waals surface area contributed by atoms with Crippen molar-refractivity contribution >= 4 is 11.7 Å². The second kappa shape index (κ2) is 8.86. The number of carbonyl (C=O) groups is 1. The number of carbonyl (C=O) groups excluding carboxylic acids is 1. The molecule has 0 atom stereocenters. The van der Waals surface area contributed by atoms with Crippen molar-refractivity contribution < 1.29 is 28.7 Å². The topological polar surface area (TPSA) is 123 Å². The second-order valence-electron chi connectivity index (χ2n) is 5.86. The van der Waals surface area contributed by atoms with Gasteiger partial charge >= 0.3 is 11.7 Å². The van der Waals surface area contributed by atoms with Gasteiger partial charge in [0.25, 0.3) is 0 Å². The fourth-order valence-electron chi connectivity index (χ4n) is 2.65. The molecule has 2 aromatic carbocycles. The van der Waals surface area contributed by atoms with Gasteiger partial charge < -0.3 is 18.9 Å². The van der Waals surface area contributed by atoms with Crippen molar-refractivity contribution in [3.8, 4) is 34.4 Å². The third-order valence-corrected chi connectivity index (χ3v) is 4.13. The number of nitrogens with zero attached hydrogens (tertiary/aromatic N) is 3. The molecule has 0 spiro atoms. The second-order valence-corrected chi connectivity index (χ2v) is 5.86. The average molecular weight is 411 g/mol. The van der Waals surface area contributed by atoms with E-state index < -0.39 is 10.9 Å². The maximum atomic E-state index is 12.3. The number of hydrogen-bond donors (Lipinski definition) is 0. The standard InChI is InChI=1S/C20H17N3O7/c1-27-13-5-8-17(28-2)14(11-13)15-6-9-19(22-21-15)30-20(24)12-4-7-18(29-3)16(10-12)23(25)26/h4-11H,1-3H3. The van der Waals surface area contributed by atoms with E-state index in [0.717, 1.165) is 6.07 Å². The Morgan fingerprint density at radius 3 is 2.23 bits per heavy atom. The third-order valence-electron chi connectivity index (χ3n) is 4.13. The van der Waals surface area contributed by atoms with E-state index in [1.807, 2.05) is 0 Å². The minimum atomic E-state index is -0.818. The maximum Gasteiger partial charge on any atom is 0.345 e. The number of esters is 1. The minimum absolute atomic E-state index is 0.0251. The normalized spacial score (nSPS) is 10.2. The highest BCUT2D eigenvalue weighted by atomic mass is 16.6. The molecule has 10 nitrogen and oxygen atoms in total. The van der Waals surface area contributed by atoms with Gasteiger partial charge in [0.1, 0.15) is 11.5 Å². The van der Waals surface area contributed by atoms with Gasteiger partial charge in [-0.1, -0.05) is 0 Å². The number of ether oxygens (including phenoxy) is 4. The van der Waals surface area contributed by atoms with Crippen LogP contribution in [-0.2, 0) is 0 Å². The van der Waals surface area contributed by atoms with Gasteiger partial charge in [0.15, 0.2) is 5.75 Å². The summed E-state index contributed by atoms with van der Waals surface area (Å²) in [5.41, 5.74) is 0.750. The Morgan fingerprint density at radius 2 is 1.63 bits per heavy atom. The van der Waals surface area contributed by atoms with E-state index in [0.29, 0.717) is 22.8 Å². The van der Waals surface area contributed by atoms with Crippen LogP contribution in [0, 0.1) is 10.1 Å². The van der Waals surface area contributed by atoms with Gasteiger partial charge in [0, 0.05) is 17.7 Å². The van der Waals surface area contributed by atoms with Gasteiger partial charge in [0.05, 0.1) is 37.5 Å². The summed E-state index contributed by atoms with van der Waals surface area (Å²) in [5, 5.41) is 19.1. The summed E-state index contributed by atoms with van der Waals surface area (Å²) < 4.78 is 20.6. The number of hydrogen-bond acceptors (Lipinski definition) is 9. The highest BCUT2D eigenvalue weighted by Gasteiger charge is 2.20. The molecule has 0 bridgehead atoms. The number of rotatable bonds is 7. The number of nitro groups is 1. The summed E-state index contributed by atoms with van der Waals surface area (Å²) in [4.78, 5) is 22.8. The first-order valence-electron chi connectivity index (χ1n) is 8.57. The molecule has 0 saturated carbocycles. The third kappa shape index (κ3) is 4.27. The van der Waals surface area contributed by atoms with Crippen LogP contribution in [0.15, 0.2) is 48.5 Å². The van der Waals surface area contributed by atoms with Crippen molar-refractivity contribution in [2.24, 2.45) is 0 Å². The lowest BCUT2D eigenvalue weighted by molar-refractivity contribution is -0.385. The average Bonchev–Trinajstić information content (AvgIpc) is 2.78. The summed E-state index contributed by atoms with van der Waals surface area (Å²) in [6.07, 6.45) is 0. The fourth-order valence-corrected chi connectivity index (χ4v) is 2.65. The summed E-state index contributed by atoms with van der Waals surface area (Å²) in [6, 6.07) is 12.0. The lowest BCUT2D eigenvalue weighted by Crippen LogP contribution is -2.10. The van der Waals surface area contributed by atoms with Gasteiger partial charge in [-0.25, -0.2) is 4.79 Å². The molecule has 154 valence electrons. The SMILES string of the molecule is COc1ccc(OC)c(-c2ccc(OC(=O)c3ccc(OC)c([N+](=O)[O-])c3)nn2)c1. The molecule has 0 amide bonds. The van der Waals surface area contributed by atoms with Crippen LogP contribution in [0.5, 0.6) is 23.1 Å². The molecule has 1 heterocycles. The van der Waals surface area contributed by atoms with Crippen molar-refractivity contribution in [3.05, 3.63) is 64.2 Å². The van der Waals surface area contributed by atoms with Crippen LogP contribution in [0.25, 0.3) is 11.3 Å². The smallest absolute Gasteiger partial charge is 0.345 e. The molecule has 0 fully saturated rings. The first kappa shape index (κ1) is 20.5. The van der Waals surface area contributed by atoms with Crippen molar-refractivity contribution in [2.75, 3.05) is 21.3 Å². The molecular weight excluding hydrogens is 394 g/mol. The molecule has 3 rings (SSSR count). The summed E-state index contributed by atoms with van der Waals surface area (Å²) in [5.74, 6) is 0.336. The Labute approximate surface area is 171 Å². The molecule has 1 aromatic heterocycles. The number of methoxy groups -OCH3 is 3. The molecule has 0 N–H and O–H groups in total. The Balaban J connectivity index is 1.82. The predicted molar refractivity (Wildman–Crippen MR) is 105 cm³/mol. The lowest BCUT2D eigenvalue weighted by Gasteiger charge is -2.10. The summed E-state index contributed by atoms with van der Waals surface area (Å²) in [7, 11) is 4.38. The van der Waals surface area contributed by atoms with E-state index in [4.69, 9.17) is 18.9 Å². The largest absolute Gasteiger partial charge is 0.497 e. The maximum absolute atomic E-state index is 12.3. The monoisotopic (exact) mass is 411 g/mol. The van der Waals surface area contributed by atoms with Gasteiger partial charge in [-0.15, -0.1) is 10.2 Å². The summed E-state index contributed by atoms with van der Waals surface area (Å²) >= 11 is 0. The zero-order valence-corrected chi connectivity index (χ0v) is 16.3. The number of benzene rings is 2. The van der Waals surface area contributed by atoms with E-state index in [-0.39, 0.29) is 22.9 Å². The van der Waals surface area contributed by atoms with Crippen LogP contribution in [0.4, 0.5) is 5.69 Å². The Bertz CT molecular complexity index is 1080. The first-order chi connectivity index (χ1) is 14.5. The molecule has 0 unspecified atom stereocenters. The fraction of sp³-hybridized carbons (Fsp3) is 0.150. The van der Waals surface area contributed by atoms with E-state index in [9.17, 15) is 14.9 Å². The number of aromatic nitrogens is 2. The van der Waals surface area contributed by atoms with Gasteiger partial charge in [-0.2, -0.15) is 0 Å². The Kier molecular flexibility index (Phi) is 6.06. The Morgan fingerprint density at radius 1 is 0.900 bits per heavy atom. The molecule has 3 aromatic rings. The van der Waals surface area contributed by atoms with Gasteiger partial charge in [0.2, 0.25) is 5.88 Å². The van der Waals surface area contributed by atoms with Crippen LogP contribution in [-0.4, -0.2) is 42.4 Å². The molecule has 10 heteroatoms. The minimum Gasteiger partial charge on any atom is -0.497 e. The molecule has 0 radical (unpaired) electrons. The van der Waals surface area contributed by atoms with E-state index in [1.54, 1.807) is 31.4 Å². The van der Waals surface area contributed by atoms with Crippen LogP contribution in [0.1, 0.15) is 10.4 Å². The molecule has 0 aliphatic rings. The highest BCUT2D eigenvalue weighted by Crippen LogP contribution is 2.32. The first-order valence-corrected chi connectivity index (χ1v) is 8.57. The molecule has 0 aliphatic heterocycles. The van der Waals surface area contributed by atoms with Crippen LogP contribution in [0.2, 0.25) is 0 Å². The van der Waals surface area contributed by atoms with Crippen molar-refractivity contribution in [1.29, 1.82) is 0 Å². The predicted octanol–water partition coefficient (Wildman–Crippen LogP) is 3.30. The number of nitro benzene ring substituents is 1. The zero-order valence-electron chi connectivity index (χ0n) is 16.3. The van der Waals surface area contributed by atoms with Crippen LogP contribution in [0.3, 0.4) is 0 Å². The molecule has 0 saturated heterocycles. The quantitative estimate of drug-likeness (QED) is 0.327. The highest BCUT2D eigenvalue weighted by molar-refractivity contribution is 5.92. The van der Waals surface area contributed by atoms with Crippen LogP contribution >= 0.6 is 0 Å². The van der Waals surface area contributed by atoms with Crippen molar-refractivity contribution in [3.63, 3.8) is 0 Å². The van der Waals surface area contributed by atoms with Gasteiger partial charge in [-0.05, 0) is 36.4 Å². The molecular formula is C20H17N3O7.